The van der Waals surface area contributed by atoms with Gasteiger partial charge in [0.1, 0.15) is 29.7 Å². The quantitative estimate of drug-likeness (QED) is 0.151. The van der Waals surface area contributed by atoms with E-state index in [-0.39, 0.29) is 0 Å². The van der Waals surface area contributed by atoms with E-state index in [1.807, 2.05) is 49.4 Å². The van der Waals surface area contributed by atoms with E-state index in [2.05, 4.69) is 20.8 Å². The molecule has 0 bridgehead atoms. The van der Waals surface area contributed by atoms with Crippen molar-refractivity contribution in [2.24, 2.45) is 0 Å². The van der Waals surface area contributed by atoms with Crippen molar-refractivity contribution in [1.82, 2.24) is 0 Å². The van der Waals surface area contributed by atoms with Crippen molar-refractivity contribution >= 4 is 11.6 Å². The van der Waals surface area contributed by atoms with Crippen LogP contribution >= 0.6 is 11.6 Å². The molecule has 0 aromatic heterocycles. The van der Waals surface area contributed by atoms with Gasteiger partial charge in [-0.05, 0) is 74.9 Å². The molecule has 1 aliphatic heterocycles. The van der Waals surface area contributed by atoms with Crippen molar-refractivity contribution in [1.29, 1.82) is 0 Å². The Hall–Kier alpha value is -1.75. The van der Waals surface area contributed by atoms with E-state index in [9.17, 15) is 10.2 Å². The Morgan fingerprint density at radius 1 is 0.867 bits per heavy atom. The largest absolute Gasteiger partial charge is 0.494 e. The average Bonchev–Trinajstić information content (AvgIpc) is 3.04. The maximum absolute atomic E-state index is 11.3. The third-order valence-electron chi connectivity index (χ3n) is 8.53. The second-order valence-electron chi connectivity index (χ2n) is 11.8. The lowest BCUT2D eigenvalue weighted by Gasteiger charge is -2.57. The van der Waals surface area contributed by atoms with Gasteiger partial charge in [-0.3, -0.25) is 0 Å². The van der Waals surface area contributed by atoms with E-state index in [1.165, 1.54) is 0 Å². The van der Waals surface area contributed by atoms with Crippen molar-refractivity contribution in [3.8, 4) is 5.75 Å². The first-order valence-electron chi connectivity index (χ1n) is 16.7. The van der Waals surface area contributed by atoms with Crippen LogP contribution in [0, 0.1) is 0 Å². The van der Waals surface area contributed by atoms with Gasteiger partial charge in [0.15, 0.2) is 0 Å². The summed E-state index contributed by atoms with van der Waals surface area (Å²) in [5.74, 6) is -0.752. The summed E-state index contributed by atoms with van der Waals surface area (Å²) in [6, 6.07) is 13.6. The van der Waals surface area contributed by atoms with Gasteiger partial charge in [-0.15, -0.1) is 0 Å². The van der Waals surface area contributed by atoms with Crippen LogP contribution in [0.3, 0.4) is 0 Å². The van der Waals surface area contributed by atoms with Crippen LogP contribution in [0.4, 0.5) is 0 Å². The minimum atomic E-state index is -1.57. The number of aliphatic hydroxyl groups excluding tert-OH is 2. The number of rotatable bonds is 20. The highest BCUT2D eigenvalue weighted by molar-refractivity contribution is 6.31. The van der Waals surface area contributed by atoms with Crippen LogP contribution in [-0.4, -0.2) is 80.4 Å². The number of unbranched alkanes of at least 4 members (excludes halogenated alkanes) is 3. The first-order valence-corrected chi connectivity index (χ1v) is 17.0. The molecular formula is C36H55ClO8. The van der Waals surface area contributed by atoms with Gasteiger partial charge in [-0.1, -0.05) is 69.8 Å². The van der Waals surface area contributed by atoms with E-state index < -0.39 is 42.4 Å². The highest BCUT2D eigenvalue weighted by Gasteiger charge is 2.65. The third-order valence-corrected chi connectivity index (χ3v) is 8.90. The molecule has 0 aliphatic carbocycles. The minimum Gasteiger partial charge on any atom is -0.494 e. The predicted molar refractivity (Wildman–Crippen MR) is 177 cm³/mol. The van der Waals surface area contributed by atoms with Crippen molar-refractivity contribution in [3.63, 3.8) is 0 Å². The van der Waals surface area contributed by atoms with Gasteiger partial charge in [0.2, 0.25) is 5.79 Å². The zero-order valence-electron chi connectivity index (χ0n) is 28.1. The molecule has 1 heterocycles. The summed E-state index contributed by atoms with van der Waals surface area (Å²) in [6.45, 7) is 11.2. The van der Waals surface area contributed by atoms with Crippen LogP contribution in [-0.2, 0) is 35.9 Å². The van der Waals surface area contributed by atoms with E-state index in [0.717, 1.165) is 55.4 Å². The smallest absolute Gasteiger partial charge is 0.225 e. The average molecular weight is 651 g/mol. The molecule has 3 rings (SSSR count). The molecule has 0 amide bonds. The van der Waals surface area contributed by atoms with Crippen molar-refractivity contribution in [2.45, 2.75) is 115 Å². The van der Waals surface area contributed by atoms with Crippen molar-refractivity contribution in [3.05, 3.63) is 64.2 Å². The summed E-state index contributed by atoms with van der Waals surface area (Å²) >= 11 is 6.77. The Kier molecular flexibility index (Phi) is 15.5. The van der Waals surface area contributed by atoms with Gasteiger partial charge in [0, 0.05) is 37.5 Å². The second kappa shape index (κ2) is 18.6. The fraction of sp³-hybridized carbons (Fsp3) is 0.667. The number of hydrogen-bond donors (Lipinski definition) is 2. The zero-order valence-corrected chi connectivity index (χ0v) is 28.8. The van der Waals surface area contributed by atoms with Gasteiger partial charge < -0.3 is 38.6 Å². The minimum absolute atomic E-state index is 0.418. The zero-order chi connectivity index (χ0) is 32.9. The third kappa shape index (κ3) is 8.99. The number of benzene rings is 2. The SMILES string of the molecule is CCCCO[C@@H]1[C@@H](OCCCC)[C@](OC)(c2ccc(Cl)c(Cc3ccc(OCC)cc3)c2)O[C@@](CO)(C(C)O)[C@H]1OCCCC. The maximum atomic E-state index is 11.3. The number of hydrogen-bond acceptors (Lipinski definition) is 8. The van der Waals surface area contributed by atoms with Crippen LogP contribution in [0.1, 0.15) is 89.8 Å². The Labute approximate surface area is 275 Å². The highest BCUT2D eigenvalue weighted by atomic mass is 35.5. The molecule has 0 radical (unpaired) electrons. The summed E-state index contributed by atoms with van der Waals surface area (Å²) in [4.78, 5) is 0. The van der Waals surface area contributed by atoms with Crippen LogP contribution in [0.2, 0.25) is 5.02 Å². The molecule has 8 nitrogen and oxygen atoms in total. The normalized spacial score (nSPS) is 25.8. The van der Waals surface area contributed by atoms with Gasteiger partial charge in [0.25, 0.3) is 0 Å². The molecule has 2 N–H and O–H groups in total. The van der Waals surface area contributed by atoms with Crippen LogP contribution < -0.4 is 4.74 Å². The summed E-state index contributed by atoms with van der Waals surface area (Å²) in [5, 5.41) is 22.9. The lowest BCUT2D eigenvalue weighted by molar-refractivity contribution is -0.421. The first-order chi connectivity index (χ1) is 21.8. The Balaban J connectivity index is 2.17. The molecule has 1 unspecified atom stereocenters. The standard InChI is InChI=1S/C36H55ClO8/c1-7-11-20-42-32-33(43-21-12-8-2)35(25-38,26(5)39)45-36(40-6,34(32)44-22-13-9-3)29-16-19-31(37)28(24-29)23-27-14-17-30(18-15-27)41-10-4/h14-19,24,26,32-34,38-39H,7-13,20-23,25H2,1-6H3/t26?,32-,33-,34+,35-,36-/m0/s1. The fourth-order valence-electron chi connectivity index (χ4n) is 5.83. The number of ether oxygens (including phenoxy) is 6. The first kappa shape index (κ1) is 37.7. The summed E-state index contributed by atoms with van der Waals surface area (Å²) in [6.07, 6.45) is 2.37. The lowest BCUT2D eigenvalue weighted by Crippen LogP contribution is -2.74. The van der Waals surface area contributed by atoms with E-state index in [0.29, 0.717) is 43.4 Å². The molecule has 2 aromatic rings. The van der Waals surface area contributed by atoms with Crippen LogP contribution in [0.25, 0.3) is 0 Å². The maximum Gasteiger partial charge on any atom is 0.225 e. The van der Waals surface area contributed by atoms with Crippen LogP contribution in [0.5, 0.6) is 5.75 Å². The van der Waals surface area contributed by atoms with Gasteiger partial charge in [0.05, 0.1) is 19.3 Å². The topological polar surface area (TPSA) is 95.8 Å². The number of methoxy groups -OCH3 is 1. The predicted octanol–water partition coefficient (Wildman–Crippen LogP) is 6.83. The second-order valence-corrected chi connectivity index (χ2v) is 12.2. The molecular weight excluding hydrogens is 596 g/mol. The van der Waals surface area contributed by atoms with Gasteiger partial charge in [-0.2, -0.15) is 0 Å². The molecule has 1 aliphatic rings. The lowest BCUT2D eigenvalue weighted by atomic mass is 9.78. The van der Waals surface area contributed by atoms with Gasteiger partial charge in [-0.25, -0.2) is 0 Å². The molecule has 9 heteroatoms. The fourth-order valence-corrected chi connectivity index (χ4v) is 6.02. The Morgan fingerprint density at radius 3 is 2.00 bits per heavy atom. The Bertz CT molecular complexity index is 1130. The summed E-state index contributed by atoms with van der Waals surface area (Å²) < 4.78 is 38.6. The van der Waals surface area contributed by atoms with E-state index in [4.69, 9.17) is 40.0 Å². The molecule has 1 saturated heterocycles. The molecule has 6 atom stereocenters. The highest BCUT2D eigenvalue weighted by Crippen LogP contribution is 2.49. The molecule has 1 fully saturated rings. The molecule has 45 heavy (non-hydrogen) atoms. The van der Waals surface area contributed by atoms with E-state index >= 15 is 0 Å². The van der Waals surface area contributed by atoms with Crippen molar-refractivity contribution in [2.75, 3.05) is 40.1 Å². The number of aliphatic hydroxyl groups is 2. The van der Waals surface area contributed by atoms with Crippen LogP contribution in [0.15, 0.2) is 42.5 Å². The number of halogens is 1. The van der Waals surface area contributed by atoms with Crippen molar-refractivity contribution < 1.29 is 38.6 Å². The molecule has 0 spiro atoms. The van der Waals surface area contributed by atoms with E-state index in [1.54, 1.807) is 14.0 Å². The monoisotopic (exact) mass is 650 g/mol. The summed E-state index contributed by atoms with van der Waals surface area (Å²) in [7, 11) is 1.56. The Morgan fingerprint density at radius 2 is 1.47 bits per heavy atom. The van der Waals surface area contributed by atoms with Gasteiger partial charge >= 0.3 is 0 Å². The molecule has 2 aromatic carbocycles. The summed E-state index contributed by atoms with van der Waals surface area (Å²) in [5.41, 5.74) is 0.997. The molecule has 254 valence electrons. The molecule has 0 saturated carbocycles.